The number of hydrogen-bond donors (Lipinski definition) is 0. The Labute approximate surface area is 262 Å². The smallest absolute Gasteiger partial charge is 0.00565 e. The molecule has 43 heavy (non-hydrogen) atoms. The molecular formula is C43H52. The molecule has 2 unspecified atom stereocenters. The molecule has 0 nitrogen and oxygen atoms in total. The molecule has 3 aliphatic rings. The Bertz CT molecular complexity index is 1610. The summed E-state index contributed by atoms with van der Waals surface area (Å²) in [6.07, 6.45) is 12.6. The fourth-order valence-corrected chi connectivity index (χ4v) is 8.41. The quantitative estimate of drug-likeness (QED) is 0.249. The maximum absolute atomic E-state index is 4.53. The molecule has 3 aromatic carbocycles. The van der Waals surface area contributed by atoms with Gasteiger partial charge in [-0.2, -0.15) is 0 Å². The van der Waals surface area contributed by atoms with Crippen molar-refractivity contribution >= 4 is 17.2 Å². The fraction of sp³-hybridized carbons (Fsp3) is 0.442. The Morgan fingerprint density at radius 3 is 2.35 bits per heavy atom. The number of benzene rings is 3. The minimum absolute atomic E-state index is 0.215. The molecule has 0 heterocycles. The molecule has 0 saturated heterocycles. The molecule has 0 radical (unpaired) electrons. The van der Waals surface area contributed by atoms with E-state index in [1.54, 1.807) is 5.57 Å². The second-order valence-corrected chi connectivity index (χ2v) is 15.4. The van der Waals surface area contributed by atoms with Crippen LogP contribution in [0.2, 0.25) is 0 Å². The highest BCUT2D eigenvalue weighted by atomic mass is 14.4. The minimum atomic E-state index is 0.215. The predicted molar refractivity (Wildman–Crippen MR) is 189 cm³/mol. The molecule has 0 aromatic heterocycles. The summed E-state index contributed by atoms with van der Waals surface area (Å²) in [7, 11) is 0. The van der Waals surface area contributed by atoms with E-state index in [9.17, 15) is 0 Å². The van der Waals surface area contributed by atoms with Crippen molar-refractivity contribution in [2.45, 2.75) is 106 Å². The summed E-state index contributed by atoms with van der Waals surface area (Å²) in [5.41, 5.74) is 18.9. The molecule has 0 aliphatic heterocycles. The van der Waals surface area contributed by atoms with Crippen LogP contribution in [0.3, 0.4) is 0 Å². The molecule has 4 atom stereocenters. The number of fused-ring (bicyclic) bond motifs is 2. The molecule has 0 spiro atoms. The second-order valence-electron chi connectivity index (χ2n) is 15.4. The van der Waals surface area contributed by atoms with Crippen molar-refractivity contribution in [2.75, 3.05) is 0 Å². The van der Waals surface area contributed by atoms with Gasteiger partial charge < -0.3 is 0 Å². The van der Waals surface area contributed by atoms with Gasteiger partial charge in [-0.05, 0) is 137 Å². The van der Waals surface area contributed by atoms with Crippen molar-refractivity contribution < 1.29 is 0 Å². The van der Waals surface area contributed by atoms with Crippen molar-refractivity contribution in [1.82, 2.24) is 0 Å². The Morgan fingerprint density at radius 2 is 1.70 bits per heavy atom. The molecule has 0 heteroatoms. The molecule has 1 saturated carbocycles. The van der Waals surface area contributed by atoms with Crippen molar-refractivity contribution in [3.05, 3.63) is 111 Å². The van der Waals surface area contributed by atoms with Crippen LogP contribution in [-0.4, -0.2) is 0 Å². The van der Waals surface area contributed by atoms with Gasteiger partial charge in [-0.15, -0.1) is 0 Å². The van der Waals surface area contributed by atoms with Gasteiger partial charge in [-0.1, -0.05) is 113 Å². The zero-order valence-electron chi connectivity index (χ0n) is 28.0. The highest BCUT2D eigenvalue weighted by Gasteiger charge is 2.33. The largest absolute Gasteiger partial charge is 0.0995 e. The summed E-state index contributed by atoms with van der Waals surface area (Å²) in [5.74, 6) is 2.49. The lowest BCUT2D eigenvalue weighted by Gasteiger charge is -2.31. The van der Waals surface area contributed by atoms with Crippen LogP contribution in [0.15, 0.2) is 66.8 Å². The average Bonchev–Trinajstić information content (AvgIpc) is 3.68. The number of rotatable bonds is 7. The monoisotopic (exact) mass is 568 g/mol. The van der Waals surface area contributed by atoms with Gasteiger partial charge in [0, 0.05) is 11.8 Å². The van der Waals surface area contributed by atoms with E-state index in [-0.39, 0.29) is 5.41 Å². The van der Waals surface area contributed by atoms with Crippen molar-refractivity contribution in [3.8, 4) is 11.1 Å². The Kier molecular flexibility index (Phi) is 7.95. The second kappa shape index (κ2) is 11.4. The third-order valence-corrected chi connectivity index (χ3v) is 10.7. The zero-order chi connectivity index (χ0) is 30.6. The zero-order valence-corrected chi connectivity index (χ0v) is 28.0. The van der Waals surface area contributed by atoms with Crippen LogP contribution in [-0.2, 0) is 6.42 Å². The van der Waals surface area contributed by atoms with Gasteiger partial charge in [0.2, 0.25) is 0 Å². The van der Waals surface area contributed by atoms with Crippen molar-refractivity contribution in [3.63, 3.8) is 0 Å². The van der Waals surface area contributed by atoms with Gasteiger partial charge in [0.15, 0.2) is 0 Å². The highest BCUT2D eigenvalue weighted by molar-refractivity contribution is 5.94. The molecule has 0 bridgehead atoms. The van der Waals surface area contributed by atoms with Crippen LogP contribution >= 0.6 is 0 Å². The lowest BCUT2D eigenvalue weighted by Crippen LogP contribution is -2.15. The third-order valence-electron chi connectivity index (χ3n) is 10.7. The summed E-state index contributed by atoms with van der Waals surface area (Å²) in [5, 5.41) is 0. The van der Waals surface area contributed by atoms with Gasteiger partial charge in [-0.25, -0.2) is 0 Å². The van der Waals surface area contributed by atoms with E-state index in [4.69, 9.17) is 0 Å². The van der Waals surface area contributed by atoms with E-state index in [0.29, 0.717) is 11.8 Å². The topological polar surface area (TPSA) is 0 Å². The Morgan fingerprint density at radius 1 is 0.977 bits per heavy atom. The first-order valence-corrected chi connectivity index (χ1v) is 16.9. The molecule has 0 N–H and O–H groups in total. The summed E-state index contributed by atoms with van der Waals surface area (Å²) >= 11 is 0. The van der Waals surface area contributed by atoms with Crippen molar-refractivity contribution in [2.24, 2.45) is 17.3 Å². The van der Waals surface area contributed by atoms with Crippen molar-refractivity contribution in [1.29, 1.82) is 0 Å². The van der Waals surface area contributed by atoms with Crippen LogP contribution in [0.5, 0.6) is 0 Å². The average molecular weight is 569 g/mol. The first kappa shape index (κ1) is 29.9. The predicted octanol–water partition coefficient (Wildman–Crippen LogP) is 12.5. The fourth-order valence-electron chi connectivity index (χ4n) is 8.41. The lowest BCUT2D eigenvalue weighted by atomic mass is 9.73. The molecular weight excluding hydrogens is 516 g/mol. The maximum atomic E-state index is 4.53. The van der Waals surface area contributed by atoms with Gasteiger partial charge in [0.25, 0.3) is 0 Å². The normalized spacial score (nSPS) is 21.8. The lowest BCUT2D eigenvalue weighted by molar-refractivity contribution is 0.355. The van der Waals surface area contributed by atoms with Gasteiger partial charge in [0.1, 0.15) is 0 Å². The van der Waals surface area contributed by atoms with Gasteiger partial charge >= 0.3 is 0 Å². The maximum Gasteiger partial charge on any atom is 0.00565 e. The Hall–Kier alpha value is -3.12. The third kappa shape index (κ3) is 5.75. The Balaban J connectivity index is 1.42. The summed E-state index contributed by atoms with van der Waals surface area (Å²) in [6, 6.07) is 19.1. The highest BCUT2D eigenvalue weighted by Crippen LogP contribution is 2.50. The van der Waals surface area contributed by atoms with Crippen LogP contribution < -0.4 is 0 Å². The molecule has 224 valence electrons. The number of aryl methyl sites for hydroxylation is 2. The van der Waals surface area contributed by atoms with Crippen LogP contribution in [0.25, 0.3) is 28.3 Å². The van der Waals surface area contributed by atoms with E-state index >= 15 is 0 Å². The van der Waals surface area contributed by atoms with E-state index < -0.39 is 0 Å². The van der Waals surface area contributed by atoms with Crippen LogP contribution in [0.4, 0.5) is 0 Å². The molecule has 6 rings (SSSR count). The standard InChI is InChI=1S/C43H52/c1-10-30-13-16-33(21-30)37-20-28(5)36-18-17-32(23-39(36)37)34-22-35-19-29(6)41(40(26(2)3)25-43(7,8)9)42(38(35)24-34)31-14-11-27(4)12-15-31/h11-12,14-15,17-20,22-23,28,30,33,40H,2,10,13,16,21,24-25H2,1,3-9H3/t28?,30-,33?,40-/m1/s1. The first-order chi connectivity index (χ1) is 20.4. The van der Waals surface area contributed by atoms with Gasteiger partial charge in [-0.3, -0.25) is 0 Å². The number of allylic oxidation sites excluding steroid dienone is 4. The number of hydrogen-bond acceptors (Lipinski definition) is 0. The van der Waals surface area contributed by atoms with E-state index in [2.05, 4.69) is 123 Å². The summed E-state index contributed by atoms with van der Waals surface area (Å²) < 4.78 is 0. The minimum Gasteiger partial charge on any atom is -0.0995 e. The molecule has 1 fully saturated rings. The van der Waals surface area contributed by atoms with E-state index in [1.807, 2.05) is 0 Å². The molecule has 3 aromatic rings. The van der Waals surface area contributed by atoms with E-state index in [1.165, 1.54) is 92.5 Å². The molecule has 3 aliphatic carbocycles. The first-order valence-electron chi connectivity index (χ1n) is 16.9. The summed E-state index contributed by atoms with van der Waals surface area (Å²) in [4.78, 5) is 0. The SMILES string of the molecule is C=C(C)[C@@H](CC(C)(C)C)c1c(C)cc2c(c1-c1ccc(C)cc1)CC(c1ccc3c(c1)C(C1CC[C@@H](CC)C1)=CC3C)=C2. The van der Waals surface area contributed by atoms with Crippen LogP contribution in [0, 0.1) is 31.1 Å². The molecule has 0 amide bonds. The summed E-state index contributed by atoms with van der Waals surface area (Å²) in [6.45, 7) is 23.1. The van der Waals surface area contributed by atoms with E-state index in [0.717, 1.165) is 24.7 Å². The van der Waals surface area contributed by atoms with Gasteiger partial charge in [0.05, 0.1) is 0 Å². The van der Waals surface area contributed by atoms with Crippen LogP contribution in [0.1, 0.15) is 130 Å².